The van der Waals surface area contributed by atoms with Crippen LogP contribution in [-0.4, -0.2) is 42.5 Å². The summed E-state index contributed by atoms with van der Waals surface area (Å²) in [4.78, 5) is 17.7. The Morgan fingerprint density at radius 2 is 2.05 bits per heavy atom. The first kappa shape index (κ1) is 15.6. The third-order valence-electron chi connectivity index (χ3n) is 4.06. The van der Waals surface area contributed by atoms with E-state index in [0.29, 0.717) is 5.56 Å². The highest BCUT2D eigenvalue weighted by atomic mass is 16.1. The lowest BCUT2D eigenvalue weighted by atomic mass is 9.84. The lowest BCUT2D eigenvalue weighted by Gasteiger charge is -2.34. The Kier molecular flexibility index (Phi) is 4.37. The molecule has 0 radical (unpaired) electrons. The fraction of sp³-hybridized carbons (Fsp3) is 0.471. The molecule has 1 aromatic carbocycles. The molecule has 1 amide bonds. The van der Waals surface area contributed by atoms with Crippen LogP contribution in [-0.2, 0) is 0 Å². The maximum Gasteiger partial charge on any atom is 0.251 e. The van der Waals surface area contributed by atoms with Crippen molar-refractivity contribution in [3.63, 3.8) is 0 Å². The molecule has 0 fully saturated rings. The van der Waals surface area contributed by atoms with E-state index < -0.39 is 0 Å². The van der Waals surface area contributed by atoms with Crippen molar-refractivity contribution in [3.8, 4) is 0 Å². The topological polar surface area (TPSA) is 48.1 Å². The number of rotatable bonds is 5. The molecule has 0 unspecified atom stereocenters. The molecule has 2 rings (SSSR count). The lowest BCUT2D eigenvalue weighted by Crippen LogP contribution is -2.47. The average Bonchev–Trinajstić information content (AvgIpc) is 2.83. The number of aromatic nitrogens is 1. The lowest BCUT2D eigenvalue weighted by molar-refractivity contribution is 0.0886. The summed E-state index contributed by atoms with van der Waals surface area (Å²) in [6, 6.07) is 7.80. The zero-order valence-electron chi connectivity index (χ0n) is 13.5. The zero-order valence-corrected chi connectivity index (χ0v) is 13.5. The molecule has 0 spiro atoms. The van der Waals surface area contributed by atoms with Crippen LogP contribution >= 0.6 is 0 Å². The van der Waals surface area contributed by atoms with Crippen molar-refractivity contribution in [3.05, 3.63) is 36.0 Å². The van der Waals surface area contributed by atoms with E-state index >= 15 is 0 Å². The minimum atomic E-state index is -0.0163. The fourth-order valence-electron chi connectivity index (χ4n) is 2.62. The van der Waals surface area contributed by atoms with Gasteiger partial charge in [-0.15, -0.1) is 0 Å². The highest BCUT2D eigenvalue weighted by Gasteiger charge is 2.28. The van der Waals surface area contributed by atoms with Gasteiger partial charge in [-0.25, -0.2) is 0 Å². The number of hydrogen-bond acceptors (Lipinski definition) is 2. The molecule has 4 heteroatoms. The van der Waals surface area contributed by atoms with Crippen LogP contribution in [0.15, 0.2) is 30.5 Å². The molecule has 0 saturated heterocycles. The highest BCUT2D eigenvalue weighted by molar-refractivity contribution is 5.98. The fourth-order valence-corrected chi connectivity index (χ4v) is 2.62. The highest BCUT2D eigenvalue weighted by Crippen LogP contribution is 2.22. The van der Waals surface area contributed by atoms with E-state index in [2.05, 4.69) is 50.1 Å². The number of amides is 1. The van der Waals surface area contributed by atoms with Crippen LogP contribution in [0, 0.1) is 5.41 Å². The standard InChI is InChI=1S/C17H25N3O/c1-12(17(2,3)11-20(4)5)19-16(21)14-6-7-15-13(10-14)8-9-18-15/h6-10,12,18H,11H2,1-5H3,(H,19,21)/t12-/m0/s1. The van der Waals surface area contributed by atoms with Crippen LogP contribution in [0.25, 0.3) is 10.9 Å². The second kappa shape index (κ2) is 5.90. The normalized spacial score (nSPS) is 13.6. The second-order valence-electron chi connectivity index (χ2n) is 6.70. The number of carbonyl (C=O) groups excluding carboxylic acids is 1. The predicted molar refractivity (Wildman–Crippen MR) is 87.6 cm³/mol. The van der Waals surface area contributed by atoms with Gasteiger partial charge in [-0.05, 0) is 50.7 Å². The second-order valence-corrected chi connectivity index (χ2v) is 6.70. The molecule has 2 N–H and O–H groups in total. The van der Waals surface area contributed by atoms with Crippen molar-refractivity contribution in [2.75, 3.05) is 20.6 Å². The van der Waals surface area contributed by atoms with Gasteiger partial charge in [-0.1, -0.05) is 13.8 Å². The maximum absolute atomic E-state index is 12.4. The largest absolute Gasteiger partial charge is 0.361 e. The Morgan fingerprint density at radius 3 is 2.71 bits per heavy atom. The number of H-pyrrole nitrogens is 1. The van der Waals surface area contributed by atoms with E-state index in [4.69, 9.17) is 0 Å². The number of fused-ring (bicyclic) bond motifs is 1. The Hall–Kier alpha value is -1.81. The van der Waals surface area contributed by atoms with Gasteiger partial charge in [0.15, 0.2) is 0 Å². The quantitative estimate of drug-likeness (QED) is 0.888. The van der Waals surface area contributed by atoms with Gasteiger partial charge in [0.25, 0.3) is 5.91 Å². The smallest absolute Gasteiger partial charge is 0.251 e. The molecule has 1 heterocycles. The van der Waals surface area contributed by atoms with Crippen molar-refractivity contribution < 1.29 is 4.79 Å². The van der Waals surface area contributed by atoms with Crippen LogP contribution in [0.2, 0.25) is 0 Å². The Labute approximate surface area is 126 Å². The molecule has 0 aliphatic heterocycles. The predicted octanol–water partition coefficient (Wildman–Crippen LogP) is 2.87. The van der Waals surface area contributed by atoms with Gasteiger partial charge in [0.05, 0.1) is 0 Å². The SMILES string of the molecule is C[C@H](NC(=O)c1ccc2[nH]ccc2c1)C(C)(C)CN(C)C. The Bertz CT molecular complexity index is 628. The van der Waals surface area contributed by atoms with Crippen molar-refractivity contribution in [2.24, 2.45) is 5.41 Å². The van der Waals surface area contributed by atoms with Gasteiger partial charge in [-0.2, -0.15) is 0 Å². The van der Waals surface area contributed by atoms with Gasteiger partial charge >= 0.3 is 0 Å². The van der Waals surface area contributed by atoms with E-state index in [0.717, 1.165) is 17.4 Å². The van der Waals surface area contributed by atoms with Crippen LogP contribution < -0.4 is 5.32 Å². The Morgan fingerprint density at radius 1 is 1.33 bits per heavy atom. The van der Waals surface area contributed by atoms with Gasteiger partial charge < -0.3 is 15.2 Å². The summed E-state index contributed by atoms with van der Waals surface area (Å²) in [5.74, 6) is -0.0163. The molecule has 0 aliphatic rings. The molecule has 21 heavy (non-hydrogen) atoms. The first-order chi connectivity index (χ1) is 9.79. The molecular weight excluding hydrogens is 262 g/mol. The molecule has 0 aliphatic carbocycles. The van der Waals surface area contributed by atoms with Gasteiger partial charge in [-0.3, -0.25) is 4.79 Å². The summed E-state index contributed by atoms with van der Waals surface area (Å²) in [6.07, 6.45) is 1.88. The van der Waals surface area contributed by atoms with E-state index in [1.807, 2.05) is 30.5 Å². The monoisotopic (exact) mass is 287 g/mol. The molecule has 0 saturated carbocycles. The molecule has 2 aromatic rings. The number of nitrogens with one attached hydrogen (secondary N) is 2. The van der Waals surface area contributed by atoms with Crippen molar-refractivity contribution in [2.45, 2.75) is 26.8 Å². The number of nitrogens with zero attached hydrogens (tertiary/aromatic N) is 1. The molecule has 0 bridgehead atoms. The number of benzene rings is 1. The summed E-state index contributed by atoms with van der Waals surface area (Å²) >= 11 is 0. The third kappa shape index (κ3) is 3.64. The molecule has 1 aromatic heterocycles. The summed E-state index contributed by atoms with van der Waals surface area (Å²) in [7, 11) is 4.10. The van der Waals surface area contributed by atoms with E-state index in [9.17, 15) is 4.79 Å². The first-order valence-corrected chi connectivity index (χ1v) is 7.32. The first-order valence-electron chi connectivity index (χ1n) is 7.32. The summed E-state index contributed by atoms with van der Waals surface area (Å²) < 4.78 is 0. The van der Waals surface area contributed by atoms with Crippen LogP contribution in [0.4, 0.5) is 0 Å². The van der Waals surface area contributed by atoms with E-state index in [1.54, 1.807) is 0 Å². The van der Waals surface area contributed by atoms with Crippen LogP contribution in [0.1, 0.15) is 31.1 Å². The minimum Gasteiger partial charge on any atom is -0.361 e. The van der Waals surface area contributed by atoms with Gasteiger partial charge in [0.2, 0.25) is 0 Å². The summed E-state index contributed by atoms with van der Waals surface area (Å²) in [5, 5.41) is 4.18. The third-order valence-corrected chi connectivity index (χ3v) is 4.06. The number of aromatic amines is 1. The summed E-state index contributed by atoms with van der Waals surface area (Å²) in [5.41, 5.74) is 1.76. The summed E-state index contributed by atoms with van der Waals surface area (Å²) in [6.45, 7) is 7.34. The van der Waals surface area contributed by atoms with Crippen molar-refractivity contribution >= 4 is 16.8 Å². The number of carbonyl (C=O) groups is 1. The average molecular weight is 287 g/mol. The van der Waals surface area contributed by atoms with E-state index in [1.165, 1.54) is 0 Å². The van der Waals surface area contributed by atoms with Gasteiger partial charge in [0, 0.05) is 35.2 Å². The molecule has 114 valence electrons. The van der Waals surface area contributed by atoms with E-state index in [-0.39, 0.29) is 17.4 Å². The van der Waals surface area contributed by atoms with Crippen molar-refractivity contribution in [1.29, 1.82) is 0 Å². The number of hydrogen-bond donors (Lipinski definition) is 2. The minimum absolute atomic E-state index is 0.0113. The molecule has 4 nitrogen and oxygen atoms in total. The van der Waals surface area contributed by atoms with Crippen LogP contribution in [0.3, 0.4) is 0 Å². The Balaban J connectivity index is 2.09. The zero-order chi connectivity index (χ0) is 15.6. The maximum atomic E-state index is 12.4. The van der Waals surface area contributed by atoms with Crippen LogP contribution in [0.5, 0.6) is 0 Å². The molecular formula is C17H25N3O. The van der Waals surface area contributed by atoms with Crippen molar-refractivity contribution in [1.82, 2.24) is 15.2 Å². The molecule has 1 atom stereocenters. The van der Waals surface area contributed by atoms with Gasteiger partial charge in [0.1, 0.15) is 0 Å².